The van der Waals surface area contributed by atoms with Gasteiger partial charge in [-0.05, 0) is 19.9 Å². The van der Waals surface area contributed by atoms with Crippen molar-refractivity contribution in [1.29, 1.82) is 0 Å². The van der Waals surface area contributed by atoms with E-state index in [1.807, 2.05) is 31.2 Å². The molecule has 0 aliphatic heterocycles. The summed E-state index contributed by atoms with van der Waals surface area (Å²) in [7, 11) is 0. The summed E-state index contributed by atoms with van der Waals surface area (Å²) in [5.41, 5.74) is 2.01. The first-order valence-electron chi connectivity index (χ1n) is 5.54. The molecule has 0 saturated carbocycles. The summed E-state index contributed by atoms with van der Waals surface area (Å²) in [6.07, 6.45) is 1.70. The van der Waals surface area contributed by atoms with E-state index in [4.69, 9.17) is 0 Å². The van der Waals surface area contributed by atoms with Gasteiger partial charge in [-0.1, -0.05) is 36.8 Å². The van der Waals surface area contributed by atoms with Crippen LogP contribution in [0.1, 0.15) is 35.7 Å². The maximum atomic E-state index is 11.7. The number of aryl methyl sites for hydroxylation is 1. The number of hydrogen-bond acceptors (Lipinski definition) is 2. The third-order valence-corrected chi connectivity index (χ3v) is 2.33. The molecule has 0 heterocycles. The van der Waals surface area contributed by atoms with Gasteiger partial charge in [0.15, 0.2) is 5.78 Å². The van der Waals surface area contributed by atoms with E-state index in [0.717, 1.165) is 25.1 Å². The molecule has 0 saturated heterocycles. The minimum Gasteiger partial charge on any atom is -0.316 e. The molecule has 0 atom stereocenters. The number of hydrogen-bond donors (Lipinski definition) is 1. The van der Waals surface area contributed by atoms with Crippen LogP contribution in [0.3, 0.4) is 0 Å². The SMILES string of the molecule is CCCNCCC(=O)c1ccc(C)cc1. The van der Waals surface area contributed by atoms with Crippen molar-refractivity contribution in [3.05, 3.63) is 35.4 Å². The lowest BCUT2D eigenvalue weighted by Crippen LogP contribution is -2.18. The van der Waals surface area contributed by atoms with Crippen molar-refractivity contribution < 1.29 is 4.79 Å². The summed E-state index contributed by atoms with van der Waals surface area (Å²) in [6.45, 7) is 5.91. The first kappa shape index (κ1) is 11.9. The third kappa shape index (κ3) is 4.26. The molecule has 2 heteroatoms. The fourth-order valence-corrected chi connectivity index (χ4v) is 1.39. The van der Waals surface area contributed by atoms with Crippen molar-refractivity contribution in [2.24, 2.45) is 0 Å². The minimum absolute atomic E-state index is 0.221. The number of Topliss-reactive ketones (excluding diaryl/α,β-unsaturated/α-hetero) is 1. The monoisotopic (exact) mass is 205 g/mol. The molecule has 15 heavy (non-hydrogen) atoms. The summed E-state index contributed by atoms with van der Waals surface area (Å²) < 4.78 is 0. The van der Waals surface area contributed by atoms with Crippen molar-refractivity contribution in [2.75, 3.05) is 13.1 Å². The molecule has 1 N–H and O–H groups in total. The highest BCUT2D eigenvalue weighted by molar-refractivity contribution is 5.96. The highest BCUT2D eigenvalue weighted by atomic mass is 16.1. The lowest BCUT2D eigenvalue weighted by atomic mass is 10.1. The molecule has 0 fully saturated rings. The molecule has 0 unspecified atom stereocenters. The summed E-state index contributed by atoms with van der Waals surface area (Å²) in [6, 6.07) is 7.76. The van der Waals surface area contributed by atoms with Gasteiger partial charge in [0.2, 0.25) is 0 Å². The Hall–Kier alpha value is -1.15. The van der Waals surface area contributed by atoms with Crippen LogP contribution in [-0.4, -0.2) is 18.9 Å². The van der Waals surface area contributed by atoms with Crippen LogP contribution < -0.4 is 5.32 Å². The Bertz CT molecular complexity index is 303. The van der Waals surface area contributed by atoms with Crippen LogP contribution in [0.15, 0.2) is 24.3 Å². The molecule has 0 bridgehead atoms. The van der Waals surface area contributed by atoms with Crippen LogP contribution in [0.4, 0.5) is 0 Å². The molecule has 1 rings (SSSR count). The van der Waals surface area contributed by atoms with Gasteiger partial charge >= 0.3 is 0 Å². The number of ketones is 1. The molecule has 0 aliphatic carbocycles. The zero-order valence-corrected chi connectivity index (χ0v) is 9.55. The first-order valence-corrected chi connectivity index (χ1v) is 5.54. The Labute approximate surface area is 91.7 Å². The Kier molecular flexibility index (Phi) is 5.05. The Balaban J connectivity index is 2.37. The van der Waals surface area contributed by atoms with Gasteiger partial charge in [0.05, 0.1) is 0 Å². The summed E-state index contributed by atoms with van der Waals surface area (Å²) in [5, 5.41) is 3.23. The zero-order chi connectivity index (χ0) is 11.1. The van der Waals surface area contributed by atoms with E-state index in [9.17, 15) is 4.79 Å². The van der Waals surface area contributed by atoms with Gasteiger partial charge in [-0.3, -0.25) is 4.79 Å². The summed E-state index contributed by atoms with van der Waals surface area (Å²) in [5.74, 6) is 0.221. The van der Waals surface area contributed by atoms with E-state index in [0.29, 0.717) is 6.42 Å². The third-order valence-electron chi connectivity index (χ3n) is 2.33. The number of rotatable bonds is 6. The van der Waals surface area contributed by atoms with Gasteiger partial charge in [0.25, 0.3) is 0 Å². The van der Waals surface area contributed by atoms with Gasteiger partial charge in [-0.25, -0.2) is 0 Å². The van der Waals surface area contributed by atoms with Crippen LogP contribution in [0.25, 0.3) is 0 Å². The van der Waals surface area contributed by atoms with Crippen LogP contribution >= 0.6 is 0 Å². The van der Waals surface area contributed by atoms with Gasteiger partial charge in [0.1, 0.15) is 0 Å². The summed E-state index contributed by atoms with van der Waals surface area (Å²) in [4.78, 5) is 11.7. The molecule has 0 amide bonds. The quantitative estimate of drug-likeness (QED) is 0.571. The van der Waals surface area contributed by atoms with E-state index < -0.39 is 0 Å². The van der Waals surface area contributed by atoms with Crippen molar-refractivity contribution in [3.8, 4) is 0 Å². The fourth-order valence-electron chi connectivity index (χ4n) is 1.39. The average molecular weight is 205 g/mol. The second-order valence-electron chi connectivity index (χ2n) is 3.79. The van der Waals surface area contributed by atoms with Crippen LogP contribution in [0.5, 0.6) is 0 Å². The number of carbonyl (C=O) groups excluding carboxylic acids is 1. The average Bonchev–Trinajstić information content (AvgIpc) is 2.25. The standard InChI is InChI=1S/C13H19NO/c1-3-9-14-10-8-13(15)12-6-4-11(2)5-7-12/h4-7,14H,3,8-10H2,1-2H3. The van der Waals surface area contributed by atoms with E-state index in [1.165, 1.54) is 5.56 Å². The Morgan fingerprint density at radius 3 is 2.47 bits per heavy atom. The van der Waals surface area contributed by atoms with Gasteiger partial charge < -0.3 is 5.32 Å². The van der Waals surface area contributed by atoms with E-state index in [2.05, 4.69) is 12.2 Å². The van der Waals surface area contributed by atoms with Gasteiger partial charge in [-0.2, -0.15) is 0 Å². The molecular weight excluding hydrogens is 186 g/mol. The second-order valence-corrected chi connectivity index (χ2v) is 3.79. The molecule has 0 aromatic heterocycles. The lowest BCUT2D eigenvalue weighted by molar-refractivity contribution is 0.0982. The first-order chi connectivity index (χ1) is 7.24. The number of nitrogens with one attached hydrogen (secondary N) is 1. The second kappa shape index (κ2) is 6.36. The predicted octanol–water partition coefficient (Wildman–Crippen LogP) is 2.57. The molecule has 0 aliphatic rings. The van der Waals surface area contributed by atoms with E-state index >= 15 is 0 Å². The van der Waals surface area contributed by atoms with Crippen LogP contribution in [0.2, 0.25) is 0 Å². The lowest BCUT2D eigenvalue weighted by Gasteiger charge is -2.03. The van der Waals surface area contributed by atoms with Gasteiger partial charge in [0, 0.05) is 18.5 Å². The van der Waals surface area contributed by atoms with Crippen molar-refractivity contribution >= 4 is 5.78 Å². The normalized spacial score (nSPS) is 10.3. The number of carbonyl (C=O) groups is 1. The van der Waals surface area contributed by atoms with Crippen molar-refractivity contribution in [1.82, 2.24) is 5.32 Å². The molecule has 0 radical (unpaired) electrons. The molecule has 2 nitrogen and oxygen atoms in total. The Morgan fingerprint density at radius 2 is 1.87 bits per heavy atom. The molecular formula is C13H19NO. The molecule has 0 spiro atoms. The van der Waals surface area contributed by atoms with E-state index in [-0.39, 0.29) is 5.78 Å². The predicted molar refractivity (Wildman–Crippen MR) is 63.3 cm³/mol. The van der Waals surface area contributed by atoms with Crippen LogP contribution in [0, 0.1) is 6.92 Å². The van der Waals surface area contributed by atoms with Crippen molar-refractivity contribution in [2.45, 2.75) is 26.7 Å². The molecule has 1 aromatic carbocycles. The summed E-state index contributed by atoms with van der Waals surface area (Å²) >= 11 is 0. The van der Waals surface area contributed by atoms with E-state index in [1.54, 1.807) is 0 Å². The largest absolute Gasteiger partial charge is 0.316 e. The molecule has 82 valence electrons. The topological polar surface area (TPSA) is 29.1 Å². The van der Waals surface area contributed by atoms with Gasteiger partial charge in [-0.15, -0.1) is 0 Å². The van der Waals surface area contributed by atoms with Crippen LogP contribution in [-0.2, 0) is 0 Å². The molecule has 1 aromatic rings. The maximum Gasteiger partial charge on any atom is 0.164 e. The highest BCUT2D eigenvalue weighted by Gasteiger charge is 2.03. The number of benzene rings is 1. The minimum atomic E-state index is 0.221. The van der Waals surface area contributed by atoms with Crippen molar-refractivity contribution in [3.63, 3.8) is 0 Å². The fraction of sp³-hybridized carbons (Fsp3) is 0.462. The maximum absolute atomic E-state index is 11.7. The smallest absolute Gasteiger partial charge is 0.164 e. The Morgan fingerprint density at radius 1 is 1.20 bits per heavy atom. The zero-order valence-electron chi connectivity index (χ0n) is 9.55. The highest BCUT2D eigenvalue weighted by Crippen LogP contribution is 2.05.